The van der Waals surface area contributed by atoms with Gasteiger partial charge in [-0.15, -0.1) is 0 Å². The Labute approximate surface area is 50.4 Å². The van der Waals surface area contributed by atoms with Crippen LogP contribution in [0.25, 0.3) is 0 Å². The minimum Gasteiger partial charge on any atom is -0.313 e. The van der Waals surface area contributed by atoms with Crippen LogP contribution in [0, 0.1) is 0 Å². The first-order valence-corrected chi connectivity index (χ1v) is 3.25. The van der Waals surface area contributed by atoms with Crippen molar-refractivity contribution < 1.29 is 0 Å². The lowest BCUT2D eigenvalue weighted by molar-refractivity contribution is 0.363. The molecule has 0 aromatic carbocycles. The van der Waals surface area contributed by atoms with Crippen molar-refractivity contribution in [3.63, 3.8) is 0 Å². The number of hydrogen-bond donors (Lipinski definition) is 1. The molecule has 2 heteroatoms. The molecule has 2 N–H and O–H groups in total. The third kappa shape index (κ3) is 1.20. The zero-order chi connectivity index (χ0) is 5.98. The third-order valence-corrected chi connectivity index (χ3v) is 1.76. The molecule has 0 aliphatic carbocycles. The van der Waals surface area contributed by atoms with Gasteiger partial charge in [0.1, 0.15) is 0 Å². The van der Waals surface area contributed by atoms with Crippen molar-refractivity contribution in [1.82, 2.24) is 11.1 Å². The molecule has 1 radical (unpaired) electrons. The van der Waals surface area contributed by atoms with E-state index in [1.165, 1.54) is 6.42 Å². The standard InChI is InChI=1S/C6H13N2/c1-5-6(7)3-2-4-8-5/h5-8H,2-4H2,1H3/t5-,6?/m0/s1. The molecule has 0 amide bonds. The van der Waals surface area contributed by atoms with Gasteiger partial charge < -0.3 is 5.32 Å². The summed E-state index contributed by atoms with van der Waals surface area (Å²) in [6.07, 6.45) is 2.26. The van der Waals surface area contributed by atoms with Gasteiger partial charge in [-0.3, -0.25) is 5.73 Å². The summed E-state index contributed by atoms with van der Waals surface area (Å²) in [7, 11) is 0. The number of rotatable bonds is 0. The molecule has 0 bridgehead atoms. The number of hydrogen-bond acceptors (Lipinski definition) is 1. The van der Waals surface area contributed by atoms with E-state index in [4.69, 9.17) is 5.73 Å². The van der Waals surface area contributed by atoms with Crippen LogP contribution in [0.15, 0.2) is 0 Å². The molecule has 1 fully saturated rings. The molecule has 1 saturated heterocycles. The van der Waals surface area contributed by atoms with Gasteiger partial charge in [0.05, 0.1) is 0 Å². The summed E-state index contributed by atoms with van der Waals surface area (Å²) in [5.41, 5.74) is 7.42. The normalized spacial score (nSPS) is 39.8. The van der Waals surface area contributed by atoms with E-state index in [-0.39, 0.29) is 6.04 Å². The molecule has 0 aromatic heterocycles. The van der Waals surface area contributed by atoms with E-state index < -0.39 is 0 Å². The maximum Gasteiger partial charge on any atom is 0.0364 e. The van der Waals surface area contributed by atoms with E-state index in [9.17, 15) is 0 Å². The second-order valence-electron chi connectivity index (χ2n) is 2.49. The Morgan fingerprint density at radius 2 is 2.38 bits per heavy atom. The Hall–Kier alpha value is -0.0800. The average Bonchev–Trinajstić information content (AvgIpc) is 1.77. The number of piperidine rings is 1. The Balaban J connectivity index is 2.28. The fourth-order valence-corrected chi connectivity index (χ4v) is 1.04. The molecule has 47 valence electrons. The van der Waals surface area contributed by atoms with Gasteiger partial charge >= 0.3 is 0 Å². The van der Waals surface area contributed by atoms with Gasteiger partial charge in [-0.1, -0.05) is 0 Å². The highest BCUT2D eigenvalue weighted by Gasteiger charge is 2.15. The average molecular weight is 113 g/mol. The minimum absolute atomic E-state index is 0.142. The van der Waals surface area contributed by atoms with Crippen molar-refractivity contribution >= 4 is 0 Å². The summed E-state index contributed by atoms with van der Waals surface area (Å²) in [4.78, 5) is 0. The highest BCUT2D eigenvalue weighted by Crippen LogP contribution is 2.05. The molecule has 1 rings (SSSR count). The first-order chi connectivity index (χ1) is 3.80. The topological polar surface area (TPSA) is 35.8 Å². The molecule has 1 heterocycles. The van der Waals surface area contributed by atoms with Crippen LogP contribution in [-0.2, 0) is 0 Å². The lowest BCUT2D eigenvalue weighted by atomic mass is 10.0. The summed E-state index contributed by atoms with van der Waals surface area (Å²) in [6.45, 7) is 3.19. The van der Waals surface area contributed by atoms with Gasteiger partial charge in [0.2, 0.25) is 0 Å². The molecule has 8 heavy (non-hydrogen) atoms. The Morgan fingerprint density at radius 3 is 2.75 bits per heavy atom. The monoisotopic (exact) mass is 113 g/mol. The molecule has 1 aliphatic rings. The Kier molecular flexibility index (Phi) is 1.86. The van der Waals surface area contributed by atoms with Crippen molar-refractivity contribution in [3.8, 4) is 0 Å². The molecule has 0 spiro atoms. The molecule has 1 aliphatic heterocycles. The van der Waals surface area contributed by atoms with Crippen LogP contribution in [0.1, 0.15) is 19.8 Å². The first kappa shape index (κ1) is 6.05. The van der Waals surface area contributed by atoms with Crippen molar-refractivity contribution in [2.75, 3.05) is 6.54 Å². The zero-order valence-corrected chi connectivity index (χ0v) is 5.28. The lowest BCUT2D eigenvalue weighted by Crippen LogP contribution is -2.43. The summed E-state index contributed by atoms with van der Waals surface area (Å²) in [6, 6.07) is 0.562. The fraction of sp³-hybridized carbons (Fsp3) is 1.00. The van der Waals surface area contributed by atoms with E-state index in [1.54, 1.807) is 0 Å². The van der Waals surface area contributed by atoms with Gasteiger partial charge in [-0.05, 0) is 26.3 Å². The van der Waals surface area contributed by atoms with Crippen LogP contribution in [0.5, 0.6) is 0 Å². The van der Waals surface area contributed by atoms with E-state index in [0.29, 0.717) is 6.04 Å². The highest BCUT2D eigenvalue weighted by molar-refractivity contribution is 4.78. The molecule has 2 atom stereocenters. The van der Waals surface area contributed by atoms with Crippen LogP contribution in [0.2, 0.25) is 0 Å². The second kappa shape index (κ2) is 2.46. The van der Waals surface area contributed by atoms with Crippen LogP contribution in [-0.4, -0.2) is 18.6 Å². The van der Waals surface area contributed by atoms with Crippen LogP contribution >= 0.6 is 0 Å². The quantitative estimate of drug-likeness (QED) is 0.485. The number of nitrogens with one attached hydrogen (secondary N) is 2. The van der Waals surface area contributed by atoms with Gasteiger partial charge in [0, 0.05) is 12.1 Å². The summed E-state index contributed by atoms with van der Waals surface area (Å²) in [5.74, 6) is 0. The SMILES string of the molecule is C[C@@H]1NCCCC1[NH]. The van der Waals surface area contributed by atoms with Gasteiger partial charge in [0.15, 0.2) is 0 Å². The third-order valence-electron chi connectivity index (χ3n) is 1.76. The maximum absolute atomic E-state index is 7.42. The molecular formula is C6H13N2. The van der Waals surface area contributed by atoms with E-state index >= 15 is 0 Å². The molecule has 0 aromatic rings. The van der Waals surface area contributed by atoms with Crippen molar-refractivity contribution in [2.24, 2.45) is 0 Å². The van der Waals surface area contributed by atoms with Crippen molar-refractivity contribution in [2.45, 2.75) is 31.8 Å². The van der Waals surface area contributed by atoms with Crippen LogP contribution in [0.3, 0.4) is 0 Å². The van der Waals surface area contributed by atoms with E-state index in [2.05, 4.69) is 12.2 Å². The summed E-state index contributed by atoms with van der Waals surface area (Å²) >= 11 is 0. The molecule has 0 saturated carbocycles. The summed E-state index contributed by atoms with van der Waals surface area (Å²) < 4.78 is 0. The minimum atomic E-state index is 0.142. The molecular weight excluding hydrogens is 100 g/mol. The van der Waals surface area contributed by atoms with Crippen LogP contribution in [0.4, 0.5) is 0 Å². The van der Waals surface area contributed by atoms with Crippen molar-refractivity contribution in [1.29, 1.82) is 0 Å². The zero-order valence-electron chi connectivity index (χ0n) is 5.28. The predicted molar refractivity (Wildman–Crippen MR) is 33.6 cm³/mol. The van der Waals surface area contributed by atoms with Gasteiger partial charge in [-0.2, -0.15) is 0 Å². The Morgan fingerprint density at radius 1 is 1.62 bits per heavy atom. The highest BCUT2D eigenvalue weighted by atomic mass is 15.0. The van der Waals surface area contributed by atoms with E-state index in [1.807, 2.05) is 0 Å². The fourth-order valence-electron chi connectivity index (χ4n) is 1.04. The second-order valence-corrected chi connectivity index (χ2v) is 2.49. The maximum atomic E-state index is 7.42. The summed E-state index contributed by atoms with van der Waals surface area (Å²) in [5, 5.41) is 3.24. The van der Waals surface area contributed by atoms with Crippen molar-refractivity contribution in [3.05, 3.63) is 0 Å². The largest absolute Gasteiger partial charge is 0.313 e. The molecule has 2 nitrogen and oxygen atoms in total. The van der Waals surface area contributed by atoms with Crippen LogP contribution < -0.4 is 11.1 Å². The van der Waals surface area contributed by atoms with Gasteiger partial charge in [-0.25, -0.2) is 0 Å². The van der Waals surface area contributed by atoms with Gasteiger partial charge in [0.25, 0.3) is 0 Å². The smallest absolute Gasteiger partial charge is 0.0364 e. The predicted octanol–water partition coefficient (Wildman–Crippen LogP) is 0.410. The van der Waals surface area contributed by atoms with E-state index in [0.717, 1.165) is 13.0 Å². The lowest BCUT2D eigenvalue weighted by Gasteiger charge is -2.25. The Bertz CT molecular complexity index is 62.9. The molecule has 1 unspecified atom stereocenters. The first-order valence-electron chi connectivity index (χ1n) is 3.25.